The molecule has 0 amide bonds. The van der Waals surface area contributed by atoms with Crippen LogP contribution in [-0.4, -0.2) is 32.3 Å². The van der Waals surface area contributed by atoms with Crippen LogP contribution in [0.4, 0.5) is 0 Å². The number of hydrogen-bond donors (Lipinski definition) is 0. The van der Waals surface area contributed by atoms with Crippen molar-refractivity contribution in [3.63, 3.8) is 0 Å². The Morgan fingerprint density at radius 1 is 1.20 bits per heavy atom. The first-order valence-corrected chi connectivity index (χ1v) is 6.77. The molecular weight excluding hydrogens is 302 g/mol. The first kappa shape index (κ1) is 14.6. The highest BCUT2D eigenvalue weighted by Gasteiger charge is 2.22. The summed E-state index contributed by atoms with van der Waals surface area (Å²) in [5.74, 6) is 0.657. The van der Waals surface area contributed by atoms with Crippen LogP contribution in [0, 0.1) is 0 Å². The summed E-state index contributed by atoms with van der Waals surface area (Å²) in [6.45, 7) is 0. The van der Waals surface area contributed by atoms with E-state index < -0.39 is 5.97 Å². The zero-order valence-corrected chi connectivity index (χ0v) is 12.7. The fourth-order valence-electron chi connectivity index (χ4n) is 1.69. The predicted molar refractivity (Wildman–Crippen MR) is 77.0 cm³/mol. The Balaban J connectivity index is 2.60. The summed E-state index contributed by atoms with van der Waals surface area (Å²) in [5.41, 5.74) is 0.652. The van der Waals surface area contributed by atoms with Gasteiger partial charge in [-0.2, -0.15) is 0 Å². The number of thiazole rings is 1. The van der Waals surface area contributed by atoms with E-state index in [1.807, 2.05) is 0 Å². The fraction of sp³-hybridized carbons (Fsp3) is 0.231. The van der Waals surface area contributed by atoms with Gasteiger partial charge in [0.15, 0.2) is 10.0 Å². The van der Waals surface area contributed by atoms with E-state index in [9.17, 15) is 4.79 Å². The van der Waals surface area contributed by atoms with Crippen LogP contribution >= 0.6 is 22.9 Å². The predicted octanol–water partition coefficient (Wildman–Crippen LogP) is 3.27. The van der Waals surface area contributed by atoms with Gasteiger partial charge < -0.3 is 14.2 Å². The molecule has 0 aliphatic heterocycles. The van der Waals surface area contributed by atoms with Crippen molar-refractivity contribution in [2.45, 2.75) is 0 Å². The molecule has 0 spiro atoms. The van der Waals surface area contributed by atoms with Gasteiger partial charge in [0.25, 0.3) is 0 Å². The molecule has 2 aromatic rings. The smallest absolute Gasteiger partial charge is 0.351 e. The van der Waals surface area contributed by atoms with Gasteiger partial charge in [0.2, 0.25) is 0 Å². The molecule has 1 aromatic heterocycles. The number of esters is 1. The molecule has 0 unspecified atom stereocenters. The highest BCUT2D eigenvalue weighted by molar-refractivity contribution is 7.17. The molecule has 0 bridgehead atoms. The minimum Gasteiger partial charge on any atom is -0.496 e. The van der Waals surface area contributed by atoms with Gasteiger partial charge in [0, 0.05) is 0 Å². The first-order valence-electron chi connectivity index (χ1n) is 5.58. The Labute approximate surface area is 125 Å². The molecule has 20 heavy (non-hydrogen) atoms. The van der Waals surface area contributed by atoms with E-state index in [4.69, 9.17) is 21.1 Å². The van der Waals surface area contributed by atoms with Gasteiger partial charge in [0.05, 0.1) is 26.9 Å². The van der Waals surface area contributed by atoms with Crippen LogP contribution in [0.25, 0.3) is 10.6 Å². The number of carbonyl (C=O) groups excluding carboxylic acids is 1. The van der Waals surface area contributed by atoms with Crippen molar-refractivity contribution >= 4 is 28.9 Å². The number of rotatable bonds is 4. The number of methoxy groups -OCH3 is 3. The van der Waals surface area contributed by atoms with Crippen LogP contribution in [0.1, 0.15) is 9.67 Å². The molecule has 1 heterocycles. The van der Waals surface area contributed by atoms with Gasteiger partial charge in [-0.05, 0) is 12.1 Å². The van der Waals surface area contributed by atoms with E-state index in [1.54, 1.807) is 32.4 Å². The summed E-state index contributed by atoms with van der Waals surface area (Å²) >= 11 is 7.10. The van der Waals surface area contributed by atoms with E-state index in [0.717, 1.165) is 11.3 Å². The highest BCUT2D eigenvalue weighted by Crippen LogP contribution is 2.42. The number of hydrogen-bond acceptors (Lipinski definition) is 6. The number of nitrogens with zero attached hydrogens (tertiary/aromatic N) is 1. The van der Waals surface area contributed by atoms with Crippen LogP contribution in [0.3, 0.4) is 0 Å². The Bertz CT molecular complexity index is 619. The molecule has 0 fully saturated rings. The lowest BCUT2D eigenvalue weighted by atomic mass is 10.2. The Kier molecular flexibility index (Phi) is 4.46. The standard InChI is InChI=1S/C13H12ClNO4S/c1-17-7-5-4-6-8(18-2)9(7)12-15-11(14)10(20-12)13(16)19-3/h4-6H,1-3H3. The van der Waals surface area contributed by atoms with E-state index >= 15 is 0 Å². The molecule has 0 N–H and O–H groups in total. The third kappa shape index (κ3) is 2.57. The molecule has 2 rings (SSSR count). The SMILES string of the molecule is COC(=O)c1sc(-c2c(OC)cccc2OC)nc1Cl. The Morgan fingerprint density at radius 2 is 1.80 bits per heavy atom. The van der Waals surface area contributed by atoms with Gasteiger partial charge in [-0.25, -0.2) is 9.78 Å². The Morgan fingerprint density at radius 3 is 2.30 bits per heavy atom. The molecule has 1 aromatic carbocycles. The first-order chi connectivity index (χ1) is 9.62. The normalized spacial score (nSPS) is 10.2. The summed E-state index contributed by atoms with van der Waals surface area (Å²) in [6.07, 6.45) is 0. The third-order valence-corrected chi connectivity index (χ3v) is 4.04. The van der Waals surface area contributed by atoms with Gasteiger partial charge in [-0.3, -0.25) is 0 Å². The van der Waals surface area contributed by atoms with Crippen molar-refractivity contribution in [3.8, 4) is 22.1 Å². The van der Waals surface area contributed by atoms with Crippen LogP contribution in [0.15, 0.2) is 18.2 Å². The molecule has 0 aliphatic carbocycles. The maximum atomic E-state index is 11.6. The van der Waals surface area contributed by atoms with Gasteiger partial charge in [-0.1, -0.05) is 17.7 Å². The number of ether oxygens (including phenoxy) is 3. The van der Waals surface area contributed by atoms with Gasteiger partial charge in [0.1, 0.15) is 16.5 Å². The Hall–Kier alpha value is -1.79. The monoisotopic (exact) mass is 313 g/mol. The average molecular weight is 314 g/mol. The second kappa shape index (κ2) is 6.11. The molecule has 0 saturated heterocycles. The lowest BCUT2D eigenvalue weighted by Gasteiger charge is -2.10. The number of aromatic nitrogens is 1. The maximum absolute atomic E-state index is 11.6. The fourth-order valence-corrected chi connectivity index (χ4v) is 2.95. The molecule has 106 valence electrons. The van der Waals surface area contributed by atoms with Crippen molar-refractivity contribution in [2.75, 3.05) is 21.3 Å². The van der Waals surface area contributed by atoms with Crippen molar-refractivity contribution in [1.82, 2.24) is 4.98 Å². The summed E-state index contributed by atoms with van der Waals surface area (Å²) in [5, 5.41) is 0.634. The summed E-state index contributed by atoms with van der Waals surface area (Å²) in [7, 11) is 4.39. The van der Waals surface area contributed by atoms with Crippen LogP contribution in [-0.2, 0) is 4.74 Å². The molecule has 0 atom stereocenters. The number of benzene rings is 1. The number of halogens is 1. The zero-order chi connectivity index (χ0) is 14.7. The van der Waals surface area contributed by atoms with Crippen LogP contribution < -0.4 is 9.47 Å². The molecular formula is C13H12ClNO4S. The maximum Gasteiger partial charge on any atom is 0.351 e. The van der Waals surface area contributed by atoms with Gasteiger partial charge in [-0.15, -0.1) is 11.3 Å². The number of carbonyl (C=O) groups is 1. The lowest BCUT2D eigenvalue weighted by molar-refractivity contribution is 0.0606. The van der Waals surface area contributed by atoms with E-state index in [1.165, 1.54) is 7.11 Å². The molecule has 0 saturated carbocycles. The van der Waals surface area contributed by atoms with Crippen LogP contribution in [0.5, 0.6) is 11.5 Å². The van der Waals surface area contributed by atoms with Crippen LogP contribution in [0.2, 0.25) is 5.15 Å². The average Bonchev–Trinajstić information content (AvgIpc) is 2.86. The van der Waals surface area contributed by atoms with Crippen molar-refractivity contribution in [2.24, 2.45) is 0 Å². The topological polar surface area (TPSA) is 57.7 Å². The lowest BCUT2D eigenvalue weighted by Crippen LogP contribution is -1.98. The van der Waals surface area contributed by atoms with E-state index in [-0.39, 0.29) is 10.0 Å². The summed E-state index contributed by atoms with van der Waals surface area (Å²) in [6, 6.07) is 5.37. The molecule has 0 radical (unpaired) electrons. The van der Waals surface area contributed by atoms with Gasteiger partial charge >= 0.3 is 5.97 Å². The van der Waals surface area contributed by atoms with E-state index in [2.05, 4.69) is 9.72 Å². The second-order valence-corrected chi connectivity index (χ2v) is 5.03. The molecule has 0 aliphatic rings. The minimum atomic E-state index is -0.521. The molecule has 7 heteroatoms. The summed E-state index contributed by atoms with van der Waals surface area (Å²) in [4.78, 5) is 16.0. The van der Waals surface area contributed by atoms with E-state index in [0.29, 0.717) is 22.1 Å². The quantitative estimate of drug-likeness (QED) is 0.811. The minimum absolute atomic E-state index is 0.102. The van der Waals surface area contributed by atoms with Crippen molar-refractivity contribution < 1.29 is 19.0 Å². The van der Waals surface area contributed by atoms with Crippen molar-refractivity contribution in [3.05, 3.63) is 28.2 Å². The largest absolute Gasteiger partial charge is 0.496 e. The highest BCUT2D eigenvalue weighted by atomic mass is 35.5. The zero-order valence-electron chi connectivity index (χ0n) is 11.1. The third-order valence-electron chi connectivity index (χ3n) is 2.60. The second-order valence-electron chi connectivity index (χ2n) is 3.67. The van der Waals surface area contributed by atoms with Crippen molar-refractivity contribution in [1.29, 1.82) is 0 Å². The summed E-state index contributed by atoms with van der Waals surface area (Å²) < 4.78 is 15.3. The molecule has 5 nitrogen and oxygen atoms in total.